The number of hydrogen-bond acceptors (Lipinski definition) is 8. The Labute approximate surface area is 185 Å². The van der Waals surface area contributed by atoms with Gasteiger partial charge >= 0.3 is 0 Å². The molecule has 32 heavy (non-hydrogen) atoms. The lowest BCUT2D eigenvalue weighted by Crippen LogP contribution is -2.52. The number of aromatic nitrogens is 5. The highest BCUT2D eigenvalue weighted by atomic mass is 16.2. The van der Waals surface area contributed by atoms with Crippen LogP contribution >= 0.6 is 0 Å². The lowest BCUT2D eigenvalue weighted by Gasteiger charge is -2.38. The van der Waals surface area contributed by atoms with Crippen LogP contribution in [-0.4, -0.2) is 74.6 Å². The quantitative estimate of drug-likeness (QED) is 0.593. The van der Waals surface area contributed by atoms with Crippen molar-refractivity contribution in [3.63, 3.8) is 0 Å². The van der Waals surface area contributed by atoms with Gasteiger partial charge in [-0.3, -0.25) is 14.2 Å². The Balaban J connectivity index is 1.21. The van der Waals surface area contributed by atoms with Crippen molar-refractivity contribution < 1.29 is 4.79 Å². The average molecular weight is 435 g/mol. The SMILES string of the molecule is Cn1c(=O)c(N2CCC(C(=O)N3CCN(c4ncccn4)CC3)CC2)nc2cccnc21. The molecule has 0 radical (unpaired) electrons. The van der Waals surface area contributed by atoms with Gasteiger partial charge in [0.15, 0.2) is 11.5 Å². The number of fused-ring (bicyclic) bond motifs is 1. The molecule has 5 heterocycles. The molecule has 2 saturated heterocycles. The third-order valence-corrected chi connectivity index (χ3v) is 6.38. The highest BCUT2D eigenvalue weighted by Gasteiger charge is 2.32. The lowest BCUT2D eigenvalue weighted by molar-refractivity contribution is -0.136. The summed E-state index contributed by atoms with van der Waals surface area (Å²) < 4.78 is 1.55. The molecule has 3 aromatic heterocycles. The molecule has 166 valence electrons. The maximum Gasteiger partial charge on any atom is 0.294 e. The average Bonchev–Trinajstić information content (AvgIpc) is 2.86. The summed E-state index contributed by atoms with van der Waals surface area (Å²) in [5, 5.41) is 0. The number of piperazine rings is 1. The van der Waals surface area contributed by atoms with Crippen LogP contribution in [0.25, 0.3) is 11.2 Å². The van der Waals surface area contributed by atoms with E-state index in [4.69, 9.17) is 0 Å². The van der Waals surface area contributed by atoms with Crippen LogP contribution in [0.15, 0.2) is 41.6 Å². The number of anilines is 2. The van der Waals surface area contributed by atoms with Gasteiger partial charge in [-0.05, 0) is 31.0 Å². The van der Waals surface area contributed by atoms with Crippen LogP contribution in [0.2, 0.25) is 0 Å². The van der Waals surface area contributed by atoms with Crippen molar-refractivity contribution in [2.24, 2.45) is 13.0 Å². The first-order chi connectivity index (χ1) is 15.6. The number of nitrogens with zero attached hydrogens (tertiary/aromatic N) is 8. The van der Waals surface area contributed by atoms with Gasteiger partial charge in [0.2, 0.25) is 11.9 Å². The molecular weight excluding hydrogens is 408 g/mol. The van der Waals surface area contributed by atoms with Crippen molar-refractivity contribution >= 4 is 28.8 Å². The number of pyridine rings is 1. The summed E-state index contributed by atoms with van der Waals surface area (Å²) in [5.41, 5.74) is 1.12. The van der Waals surface area contributed by atoms with Crippen molar-refractivity contribution in [2.75, 3.05) is 49.1 Å². The molecular formula is C22H26N8O2. The smallest absolute Gasteiger partial charge is 0.294 e. The minimum absolute atomic E-state index is 0.0169. The molecule has 2 aliphatic heterocycles. The maximum atomic E-state index is 13.1. The summed E-state index contributed by atoms with van der Waals surface area (Å²) in [4.78, 5) is 49.4. The predicted octanol–water partition coefficient (Wildman–Crippen LogP) is 0.684. The van der Waals surface area contributed by atoms with Crippen LogP contribution in [0.5, 0.6) is 0 Å². The van der Waals surface area contributed by atoms with E-state index in [0.717, 1.165) is 25.9 Å². The monoisotopic (exact) mass is 434 g/mol. The standard InChI is InChI=1S/C22H26N8O2/c1-27-18-17(4-2-7-23-18)26-19(21(27)32)28-10-5-16(6-11-28)20(31)29-12-14-30(15-13-29)22-24-8-3-9-25-22/h2-4,7-9,16H,5-6,10-15H2,1H3. The topological polar surface area (TPSA) is 100 Å². The molecule has 0 atom stereocenters. The van der Waals surface area contributed by atoms with E-state index < -0.39 is 0 Å². The summed E-state index contributed by atoms with van der Waals surface area (Å²) in [6, 6.07) is 5.48. The highest BCUT2D eigenvalue weighted by Crippen LogP contribution is 2.24. The Bertz CT molecular complexity index is 1170. The third kappa shape index (κ3) is 3.76. The zero-order valence-corrected chi connectivity index (χ0v) is 18.1. The Kier molecular flexibility index (Phi) is 5.42. The Morgan fingerprint density at radius 3 is 2.31 bits per heavy atom. The molecule has 5 rings (SSSR count). The summed E-state index contributed by atoms with van der Waals surface area (Å²) >= 11 is 0. The summed E-state index contributed by atoms with van der Waals surface area (Å²) in [6.07, 6.45) is 6.57. The fourth-order valence-corrected chi connectivity index (χ4v) is 4.53. The minimum Gasteiger partial charge on any atom is -0.352 e. The summed E-state index contributed by atoms with van der Waals surface area (Å²) in [5.74, 6) is 1.35. The fourth-order valence-electron chi connectivity index (χ4n) is 4.53. The molecule has 0 bridgehead atoms. The zero-order valence-electron chi connectivity index (χ0n) is 18.1. The van der Waals surface area contributed by atoms with E-state index in [9.17, 15) is 9.59 Å². The molecule has 0 aliphatic carbocycles. The molecule has 1 amide bonds. The Hall–Kier alpha value is -3.56. The second-order valence-corrected chi connectivity index (χ2v) is 8.27. The van der Waals surface area contributed by atoms with Gasteiger partial charge < -0.3 is 14.7 Å². The third-order valence-electron chi connectivity index (χ3n) is 6.38. The molecule has 10 heteroatoms. The van der Waals surface area contributed by atoms with Gasteiger partial charge in [0, 0.05) is 70.8 Å². The molecule has 10 nitrogen and oxygen atoms in total. The predicted molar refractivity (Wildman–Crippen MR) is 121 cm³/mol. The second-order valence-electron chi connectivity index (χ2n) is 8.27. The van der Waals surface area contributed by atoms with Gasteiger partial charge in [0.25, 0.3) is 5.56 Å². The van der Waals surface area contributed by atoms with E-state index in [1.165, 1.54) is 0 Å². The van der Waals surface area contributed by atoms with Crippen LogP contribution in [0.1, 0.15) is 12.8 Å². The number of carbonyl (C=O) groups is 1. The van der Waals surface area contributed by atoms with Crippen LogP contribution < -0.4 is 15.4 Å². The van der Waals surface area contributed by atoms with Crippen molar-refractivity contribution in [1.29, 1.82) is 0 Å². The molecule has 0 N–H and O–H groups in total. The van der Waals surface area contributed by atoms with Crippen molar-refractivity contribution in [2.45, 2.75) is 12.8 Å². The fraction of sp³-hybridized carbons (Fsp3) is 0.455. The van der Waals surface area contributed by atoms with Gasteiger partial charge in [-0.1, -0.05) is 0 Å². The molecule has 0 spiro atoms. The van der Waals surface area contributed by atoms with Crippen LogP contribution in [0.3, 0.4) is 0 Å². The van der Waals surface area contributed by atoms with Crippen molar-refractivity contribution in [3.8, 4) is 0 Å². The lowest BCUT2D eigenvalue weighted by atomic mass is 9.95. The van der Waals surface area contributed by atoms with E-state index in [0.29, 0.717) is 49.1 Å². The van der Waals surface area contributed by atoms with Gasteiger partial charge in [0.1, 0.15) is 5.52 Å². The van der Waals surface area contributed by atoms with Crippen molar-refractivity contribution in [3.05, 3.63) is 47.1 Å². The molecule has 2 fully saturated rings. The number of hydrogen-bond donors (Lipinski definition) is 0. The van der Waals surface area contributed by atoms with E-state index in [-0.39, 0.29) is 17.4 Å². The van der Waals surface area contributed by atoms with Crippen LogP contribution in [0, 0.1) is 5.92 Å². The summed E-state index contributed by atoms with van der Waals surface area (Å²) in [7, 11) is 1.72. The first kappa shape index (κ1) is 20.3. The Morgan fingerprint density at radius 2 is 1.59 bits per heavy atom. The first-order valence-electron chi connectivity index (χ1n) is 11.0. The summed E-state index contributed by atoms with van der Waals surface area (Å²) in [6.45, 7) is 4.11. The van der Waals surface area contributed by atoms with E-state index >= 15 is 0 Å². The highest BCUT2D eigenvalue weighted by molar-refractivity contribution is 5.79. The van der Waals surface area contributed by atoms with E-state index in [1.807, 2.05) is 21.9 Å². The maximum absolute atomic E-state index is 13.1. The molecule has 0 unspecified atom stereocenters. The van der Waals surface area contributed by atoms with Gasteiger partial charge in [0.05, 0.1) is 0 Å². The number of aryl methyl sites for hydroxylation is 1. The second kappa shape index (κ2) is 8.52. The number of rotatable bonds is 3. The van der Waals surface area contributed by atoms with Crippen molar-refractivity contribution in [1.82, 2.24) is 29.4 Å². The van der Waals surface area contributed by atoms with Gasteiger partial charge in [-0.25, -0.2) is 19.9 Å². The number of carbonyl (C=O) groups excluding carboxylic acids is 1. The molecule has 0 saturated carbocycles. The molecule has 0 aromatic carbocycles. The molecule has 2 aliphatic rings. The van der Waals surface area contributed by atoms with Crippen LogP contribution in [-0.2, 0) is 11.8 Å². The normalized spacial score (nSPS) is 17.7. The Morgan fingerprint density at radius 1 is 0.906 bits per heavy atom. The first-order valence-corrected chi connectivity index (χ1v) is 11.0. The van der Waals surface area contributed by atoms with Crippen LogP contribution in [0.4, 0.5) is 11.8 Å². The zero-order chi connectivity index (χ0) is 22.1. The largest absolute Gasteiger partial charge is 0.352 e. The van der Waals surface area contributed by atoms with E-state index in [2.05, 4.69) is 24.8 Å². The van der Waals surface area contributed by atoms with Gasteiger partial charge in [-0.15, -0.1) is 0 Å². The van der Waals surface area contributed by atoms with Gasteiger partial charge in [-0.2, -0.15) is 0 Å². The number of piperidine rings is 1. The number of amides is 1. The minimum atomic E-state index is -0.153. The van der Waals surface area contributed by atoms with E-state index in [1.54, 1.807) is 36.3 Å². The molecule has 3 aromatic rings.